The van der Waals surface area contributed by atoms with Crippen LogP contribution in [0.1, 0.15) is 16.9 Å². The van der Waals surface area contributed by atoms with Crippen molar-refractivity contribution in [2.75, 3.05) is 7.11 Å². The number of hydrogen-bond acceptors (Lipinski definition) is 3. The van der Waals surface area contributed by atoms with Gasteiger partial charge in [-0.2, -0.15) is 0 Å². The topological polar surface area (TPSA) is 34.4 Å². The standard InChI is InChI=1S/C14H17NO2/c1-11-8-12(5-6-14(11)16-2)9-15-10-13-4-3-7-17-13/h3-8,15H,9-10H2,1-2H3. The van der Waals surface area contributed by atoms with Crippen LogP contribution in [0.2, 0.25) is 0 Å². The van der Waals surface area contributed by atoms with Crippen LogP contribution < -0.4 is 10.1 Å². The Morgan fingerprint density at radius 1 is 1.24 bits per heavy atom. The van der Waals surface area contributed by atoms with Gasteiger partial charge in [0.15, 0.2) is 0 Å². The van der Waals surface area contributed by atoms with E-state index in [0.717, 1.165) is 30.2 Å². The molecule has 1 aromatic carbocycles. The van der Waals surface area contributed by atoms with Crippen molar-refractivity contribution in [3.8, 4) is 5.75 Å². The van der Waals surface area contributed by atoms with E-state index >= 15 is 0 Å². The second-order valence-corrected chi connectivity index (χ2v) is 3.99. The van der Waals surface area contributed by atoms with E-state index in [1.165, 1.54) is 5.56 Å². The van der Waals surface area contributed by atoms with Crippen LogP contribution in [0.25, 0.3) is 0 Å². The van der Waals surface area contributed by atoms with Crippen LogP contribution in [0, 0.1) is 6.92 Å². The van der Waals surface area contributed by atoms with Gasteiger partial charge in [-0.3, -0.25) is 0 Å². The summed E-state index contributed by atoms with van der Waals surface area (Å²) >= 11 is 0. The monoisotopic (exact) mass is 231 g/mol. The summed E-state index contributed by atoms with van der Waals surface area (Å²) < 4.78 is 10.5. The number of methoxy groups -OCH3 is 1. The molecule has 3 heteroatoms. The van der Waals surface area contributed by atoms with Gasteiger partial charge in [0, 0.05) is 6.54 Å². The molecule has 0 saturated carbocycles. The summed E-state index contributed by atoms with van der Waals surface area (Å²) in [5.41, 5.74) is 2.40. The maximum atomic E-state index is 5.25. The minimum Gasteiger partial charge on any atom is -0.496 e. The molecule has 0 aliphatic rings. The molecule has 0 amide bonds. The highest BCUT2D eigenvalue weighted by Gasteiger charge is 2.00. The highest BCUT2D eigenvalue weighted by molar-refractivity contribution is 5.36. The minimum absolute atomic E-state index is 0.748. The maximum absolute atomic E-state index is 5.25. The third-order valence-corrected chi connectivity index (χ3v) is 2.67. The molecular formula is C14H17NO2. The van der Waals surface area contributed by atoms with E-state index in [0.29, 0.717) is 0 Å². The number of rotatable bonds is 5. The number of ether oxygens (including phenoxy) is 1. The summed E-state index contributed by atoms with van der Waals surface area (Å²) in [5.74, 6) is 1.88. The molecule has 1 N–H and O–H groups in total. The summed E-state index contributed by atoms with van der Waals surface area (Å²) in [6.07, 6.45) is 1.69. The Morgan fingerprint density at radius 3 is 2.76 bits per heavy atom. The van der Waals surface area contributed by atoms with Gasteiger partial charge >= 0.3 is 0 Å². The van der Waals surface area contributed by atoms with Gasteiger partial charge in [-0.05, 0) is 36.2 Å². The molecule has 0 aliphatic heterocycles. The van der Waals surface area contributed by atoms with Crippen molar-refractivity contribution in [2.45, 2.75) is 20.0 Å². The Bertz CT molecular complexity index is 463. The molecule has 0 saturated heterocycles. The molecule has 0 spiro atoms. The second kappa shape index (κ2) is 5.55. The van der Waals surface area contributed by atoms with Crippen LogP contribution >= 0.6 is 0 Å². The van der Waals surface area contributed by atoms with Gasteiger partial charge in [0.1, 0.15) is 11.5 Å². The second-order valence-electron chi connectivity index (χ2n) is 3.99. The van der Waals surface area contributed by atoms with Crippen molar-refractivity contribution >= 4 is 0 Å². The smallest absolute Gasteiger partial charge is 0.121 e. The van der Waals surface area contributed by atoms with Crippen molar-refractivity contribution in [3.63, 3.8) is 0 Å². The molecule has 3 nitrogen and oxygen atoms in total. The average molecular weight is 231 g/mol. The molecule has 0 bridgehead atoms. The molecule has 2 rings (SSSR count). The number of aryl methyl sites for hydroxylation is 1. The Balaban J connectivity index is 1.89. The highest BCUT2D eigenvalue weighted by Crippen LogP contribution is 2.18. The lowest BCUT2D eigenvalue weighted by Crippen LogP contribution is -2.12. The summed E-state index contributed by atoms with van der Waals surface area (Å²) in [7, 11) is 1.69. The zero-order valence-corrected chi connectivity index (χ0v) is 10.2. The fourth-order valence-corrected chi connectivity index (χ4v) is 1.79. The normalized spacial score (nSPS) is 10.5. The summed E-state index contributed by atoms with van der Waals surface area (Å²) in [6, 6.07) is 10.1. The number of nitrogens with one attached hydrogen (secondary N) is 1. The van der Waals surface area contributed by atoms with Crippen molar-refractivity contribution < 1.29 is 9.15 Å². The Labute approximate surface area is 101 Å². The van der Waals surface area contributed by atoms with Crippen LogP contribution in [-0.2, 0) is 13.1 Å². The summed E-state index contributed by atoms with van der Waals surface area (Å²) in [5, 5.41) is 3.33. The summed E-state index contributed by atoms with van der Waals surface area (Å²) in [4.78, 5) is 0. The van der Waals surface area contributed by atoms with E-state index in [1.54, 1.807) is 13.4 Å². The Morgan fingerprint density at radius 2 is 2.12 bits per heavy atom. The van der Waals surface area contributed by atoms with E-state index in [-0.39, 0.29) is 0 Å². The average Bonchev–Trinajstić information content (AvgIpc) is 2.82. The quantitative estimate of drug-likeness (QED) is 0.859. The third kappa shape index (κ3) is 3.11. The Kier molecular flexibility index (Phi) is 3.83. The van der Waals surface area contributed by atoms with Gasteiger partial charge in [-0.1, -0.05) is 12.1 Å². The molecular weight excluding hydrogens is 214 g/mol. The van der Waals surface area contributed by atoms with E-state index in [2.05, 4.69) is 24.4 Å². The molecule has 1 aromatic heterocycles. The van der Waals surface area contributed by atoms with Gasteiger partial charge in [0.2, 0.25) is 0 Å². The fraction of sp³-hybridized carbons (Fsp3) is 0.286. The first kappa shape index (κ1) is 11.7. The van der Waals surface area contributed by atoms with Crippen LogP contribution in [0.15, 0.2) is 41.0 Å². The molecule has 1 heterocycles. The van der Waals surface area contributed by atoms with Crippen molar-refractivity contribution in [3.05, 3.63) is 53.5 Å². The number of furan rings is 1. The van der Waals surface area contributed by atoms with Gasteiger partial charge < -0.3 is 14.5 Å². The maximum Gasteiger partial charge on any atom is 0.121 e. The molecule has 0 radical (unpaired) electrons. The number of hydrogen-bond donors (Lipinski definition) is 1. The third-order valence-electron chi connectivity index (χ3n) is 2.67. The molecule has 2 aromatic rings. The first-order valence-electron chi connectivity index (χ1n) is 5.66. The van der Waals surface area contributed by atoms with E-state index < -0.39 is 0 Å². The predicted molar refractivity (Wildman–Crippen MR) is 67.0 cm³/mol. The predicted octanol–water partition coefficient (Wildman–Crippen LogP) is 2.89. The first-order chi connectivity index (χ1) is 8.29. The van der Waals surface area contributed by atoms with Crippen molar-refractivity contribution in [1.82, 2.24) is 5.32 Å². The van der Waals surface area contributed by atoms with Crippen molar-refractivity contribution in [2.24, 2.45) is 0 Å². The van der Waals surface area contributed by atoms with Crippen LogP contribution in [0.3, 0.4) is 0 Å². The zero-order valence-electron chi connectivity index (χ0n) is 10.2. The lowest BCUT2D eigenvalue weighted by molar-refractivity contribution is 0.411. The first-order valence-corrected chi connectivity index (χ1v) is 5.66. The molecule has 0 fully saturated rings. The highest BCUT2D eigenvalue weighted by atomic mass is 16.5. The SMILES string of the molecule is COc1ccc(CNCc2ccco2)cc1C. The molecule has 0 unspecified atom stereocenters. The molecule has 0 atom stereocenters. The van der Waals surface area contributed by atoms with E-state index in [1.807, 2.05) is 18.2 Å². The lowest BCUT2D eigenvalue weighted by Gasteiger charge is -2.08. The minimum atomic E-state index is 0.748. The number of benzene rings is 1. The molecule has 17 heavy (non-hydrogen) atoms. The van der Waals surface area contributed by atoms with Crippen molar-refractivity contribution in [1.29, 1.82) is 0 Å². The zero-order chi connectivity index (χ0) is 12.1. The lowest BCUT2D eigenvalue weighted by atomic mass is 10.1. The van der Waals surface area contributed by atoms with Gasteiger partial charge in [-0.15, -0.1) is 0 Å². The van der Waals surface area contributed by atoms with Crippen LogP contribution in [0.5, 0.6) is 5.75 Å². The van der Waals surface area contributed by atoms with Crippen LogP contribution in [0.4, 0.5) is 0 Å². The van der Waals surface area contributed by atoms with E-state index in [9.17, 15) is 0 Å². The largest absolute Gasteiger partial charge is 0.496 e. The van der Waals surface area contributed by atoms with Gasteiger partial charge in [0.25, 0.3) is 0 Å². The molecule has 90 valence electrons. The van der Waals surface area contributed by atoms with Gasteiger partial charge in [0.05, 0.1) is 19.9 Å². The molecule has 0 aliphatic carbocycles. The van der Waals surface area contributed by atoms with Gasteiger partial charge in [-0.25, -0.2) is 0 Å². The fourth-order valence-electron chi connectivity index (χ4n) is 1.79. The van der Waals surface area contributed by atoms with Crippen LogP contribution in [-0.4, -0.2) is 7.11 Å². The Hall–Kier alpha value is -1.74. The summed E-state index contributed by atoms with van der Waals surface area (Å²) in [6.45, 7) is 3.62. The van der Waals surface area contributed by atoms with E-state index in [4.69, 9.17) is 9.15 Å².